The smallest absolute Gasteiger partial charge is 0.258 e. The van der Waals surface area contributed by atoms with Gasteiger partial charge < -0.3 is 0 Å². The molecule has 0 aliphatic carbocycles. The van der Waals surface area contributed by atoms with Crippen LogP contribution in [0, 0.1) is 20.2 Å². The largest absolute Gasteiger partial charge is 0.435 e. The van der Waals surface area contributed by atoms with Gasteiger partial charge >= 0.3 is 11.9 Å². The van der Waals surface area contributed by atoms with Gasteiger partial charge in [-0.25, -0.2) is 4.68 Å². The highest BCUT2D eigenvalue weighted by Crippen LogP contribution is 2.36. The molecule has 0 amide bonds. The van der Waals surface area contributed by atoms with Gasteiger partial charge in [-0.15, -0.1) is 0 Å². The van der Waals surface area contributed by atoms with Gasteiger partial charge in [0.25, 0.3) is 5.69 Å². The van der Waals surface area contributed by atoms with Crippen molar-refractivity contribution in [1.29, 1.82) is 0 Å². The molecule has 8 nitrogen and oxygen atoms in total. The Labute approximate surface area is 148 Å². The van der Waals surface area contributed by atoms with Crippen LogP contribution in [0.1, 0.15) is 5.69 Å². The Morgan fingerprint density at radius 1 is 0.926 bits per heavy atom. The summed E-state index contributed by atoms with van der Waals surface area (Å²) in [4.78, 5) is 20.5. The van der Waals surface area contributed by atoms with Crippen molar-refractivity contribution in [1.82, 2.24) is 9.78 Å². The Balaban J connectivity index is 2.29. The van der Waals surface area contributed by atoms with Gasteiger partial charge in [0.1, 0.15) is 5.69 Å². The summed E-state index contributed by atoms with van der Waals surface area (Å²) in [5.74, 6) is 0. The molecule has 3 rings (SSSR count). The number of hydrogen-bond donors (Lipinski definition) is 0. The molecule has 0 bridgehead atoms. The average molecular weight is 378 g/mol. The molecule has 0 radical (unpaired) electrons. The molecule has 27 heavy (non-hydrogen) atoms. The van der Waals surface area contributed by atoms with Crippen molar-refractivity contribution in [3.05, 3.63) is 80.5 Å². The molecule has 2 aromatic carbocycles. The highest BCUT2D eigenvalue weighted by Gasteiger charge is 2.36. The van der Waals surface area contributed by atoms with E-state index < -0.39 is 33.1 Å². The van der Waals surface area contributed by atoms with Gasteiger partial charge in [-0.2, -0.15) is 18.3 Å². The third-order valence-corrected chi connectivity index (χ3v) is 3.66. The number of halogens is 3. The van der Waals surface area contributed by atoms with Crippen LogP contribution in [0.3, 0.4) is 0 Å². The van der Waals surface area contributed by atoms with Crippen LogP contribution in [-0.4, -0.2) is 19.6 Å². The monoisotopic (exact) mass is 378 g/mol. The van der Waals surface area contributed by atoms with Crippen LogP contribution in [0.4, 0.5) is 24.5 Å². The maximum atomic E-state index is 13.1. The lowest BCUT2D eigenvalue weighted by atomic mass is 10.1. The summed E-state index contributed by atoms with van der Waals surface area (Å²) in [5.41, 5.74) is -2.56. The minimum Gasteiger partial charge on any atom is -0.258 e. The fourth-order valence-corrected chi connectivity index (χ4v) is 2.47. The zero-order valence-electron chi connectivity index (χ0n) is 13.3. The zero-order chi connectivity index (χ0) is 19.8. The first-order chi connectivity index (χ1) is 12.7. The molecule has 0 N–H and O–H groups in total. The summed E-state index contributed by atoms with van der Waals surface area (Å²) in [5, 5.41) is 25.7. The minimum absolute atomic E-state index is 0.0418. The summed E-state index contributed by atoms with van der Waals surface area (Å²) in [6.07, 6.45) is -4.77. The molecule has 0 spiro atoms. The fraction of sp³-hybridized carbons (Fsp3) is 0.0625. The third kappa shape index (κ3) is 3.47. The van der Waals surface area contributed by atoms with Crippen LogP contribution in [0.5, 0.6) is 0 Å². The van der Waals surface area contributed by atoms with E-state index in [1.807, 2.05) is 0 Å². The van der Waals surface area contributed by atoms with Crippen molar-refractivity contribution in [2.45, 2.75) is 6.18 Å². The van der Waals surface area contributed by atoms with E-state index in [-0.39, 0.29) is 11.4 Å². The summed E-state index contributed by atoms with van der Waals surface area (Å²) >= 11 is 0. The molecule has 0 unspecified atom stereocenters. The van der Waals surface area contributed by atoms with E-state index in [0.717, 1.165) is 22.9 Å². The highest BCUT2D eigenvalue weighted by molar-refractivity contribution is 5.67. The van der Waals surface area contributed by atoms with Crippen LogP contribution in [0.15, 0.2) is 54.6 Å². The van der Waals surface area contributed by atoms with Crippen LogP contribution in [0.2, 0.25) is 0 Å². The molecular formula is C16H9F3N4O4. The molecule has 11 heteroatoms. The molecule has 1 heterocycles. The zero-order valence-corrected chi connectivity index (χ0v) is 13.3. The van der Waals surface area contributed by atoms with Gasteiger partial charge in [0.2, 0.25) is 0 Å². The molecule has 0 saturated carbocycles. The van der Waals surface area contributed by atoms with Gasteiger partial charge in [0, 0.05) is 11.6 Å². The van der Waals surface area contributed by atoms with E-state index in [9.17, 15) is 33.4 Å². The standard InChI is InChI=1S/C16H9F3N4O4/c17-16(18,19)15-9-13(10-4-2-1-3-5-10)21(20-15)12-7-6-11(22(24)25)8-14(12)23(26)27/h1-9H. The number of nitro groups is 2. The number of rotatable bonds is 4. The maximum Gasteiger partial charge on any atom is 0.435 e. The second kappa shape index (κ2) is 6.52. The summed E-state index contributed by atoms with van der Waals surface area (Å²) < 4.78 is 40.2. The number of non-ortho nitro benzene ring substituents is 1. The van der Waals surface area contributed by atoms with Crippen LogP contribution < -0.4 is 0 Å². The molecule has 0 aliphatic rings. The van der Waals surface area contributed by atoms with Gasteiger partial charge in [0.15, 0.2) is 5.69 Å². The van der Waals surface area contributed by atoms with Gasteiger partial charge in [0.05, 0.1) is 21.6 Å². The summed E-state index contributed by atoms with van der Waals surface area (Å²) in [6, 6.07) is 11.3. The molecule has 0 fully saturated rings. The molecule has 3 aromatic rings. The molecule has 138 valence electrons. The topological polar surface area (TPSA) is 104 Å². The Kier molecular flexibility index (Phi) is 4.35. The van der Waals surface area contributed by atoms with E-state index in [2.05, 4.69) is 5.10 Å². The van der Waals surface area contributed by atoms with E-state index in [1.54, 1.807) is 18.2 Å². The van der Waals surface area contributed by atoms with Gasteiger partial charge in [-0.05, 0) is 12.1 Å². The predicted octanol–water partition coefficient (Wildman–Crippen LogP) is 4.37. The van der Waals surface area contributed by atoms with E-state index in [1.165, 1.54) is 12.1 Å². The maximum absolute atomic E-state index is 13.1. The quantitative estimate of drug-likeness (QED) is 0.495. The Bertz CT molecular complexity index is 1030. The average Bonchev–Trinajstić information content (AvgIpc) is 3.07. The first kappa shape index (κ1) is 18.0. The minimum atomic E-state index is -4.77. The van der Waals surface area contributed by atoms with E-state index in [0.29, 0.717) is 11.6 Å². The third-order valence-electron chi connectivity index (χ3n) is 3.66. The number of aromatic nitrogens is 2. The number of nitrogens with zero attached hydrogens (tertiary/aromatic N) is 4. The number of hydrogen-bond acceptors (Lipinski definition) is 5. The van der Waals surface area contributed by atoms with Crippen LogP contribution >= 0.6 is 0 Å². The lowest BCUT2D eigenvalue weighted by Gasteiger charge is -2.08. The van der Waals surface area contributed by atoms with Crippen molar-refractivity contribution in [3.63, 3.8) is 0 Å². The lowest BCUT2D eigenvalue weighted by Crippen LogP contribution is -2.08. The number of nitro benzene ring substituents is 2. The van der Waals surface area contributed by atoms with Gasteiger partial charge in [-0.1, -0.05) is 30.3 Å². The Hall–Kier alpha value is -3.76. The number of alkyl halides is 3. The molecule has 0 atom stereocenters. The van der Waals surface area contributed by atoms with Gasteiger partial charge in [-0.3, -0.25) is 20.2 Å². The van der Waals surface area contributed by atoms with E-state index in [4.69, 9.17) is 0 Å². The van der Waals surface area contributed by atoms with Crippen LogP contribution in [-0.2, 0) is 6.18 Å². The SMILES string of the molecule is O=[N+]([O-])c1ccc(-n2nc(C(F)(F)F)cc2-c2ccccc2)c([N+](=O)[O-])c1. The molecular weight excluding hydrogens is 369 g/mol. The Morgan fingerprint density at radius 2 is 1.59 bits per heavy atom. The van der Waals surface area contributed by atoms with Crippen molar-refractivity contribution in [2.75, 3.05) is 0 Å². The molecule has 0 saturated heterocycles. The normalized spacial score (nSPS) is 11.4. The van der Waals surface area contributed by atoms with Crippen molar-refractivity contribution in [2.24, 2.45) is 0 Å². The second-order valence-electron chi connectivity index (χ2n) is 5.38. The predicted molar refractivity (Wildman–Crippen MR) is 87.3 cm³/mol. The first-order valence-corrected chi connectivity index (χ1v) is 7.34. The van der Waals surface area contributed by atoms with Crippen LogP contribution in [0.25, 0.3) is 16.9 Å². The summed E-state index contributed by atoms with van der Waals surface area (Å²) in [6.45, 7) is 0. The highest BCUT2D eigenvalue weighted by atomic mass is 19.4. The van der Waals surface area contributed by atoms with Crippen molar-refractivity contribution >= 4 is 11.4 Å². The second-order valence-corrected chi connectivity index (χ2v) is 5.38. The molecule has 0 aliphatic heterocycles. The number of benzene rings is 2. The van der Waals surface area contributed by atoms with Crippen molar-refractivity contribution < 1.29 is 23.0 Å². The van der Waals surface area contributed by atoms with Crippen molar-refractivity contribution in [3.8, 4) is 16.9 Å². The van der Waals surface area contributed by atoms with E-state index >= 15 is 0 Å². The first-order valence-electron chi connectivity index (χ1n) is 7.34. The molecule has 1 aromatic heterocycles. The lowest BCUT2D eigenvalue weighted by molar-refractivity contribution is -0.394. The Morgan fingerprint density at radius 3 is 2.15 bits per heavy atom. The fourth-order valence-electron chi connectivity index (χ4n) is 2.47. The summed E-state index contributed by atoms with van der Waals surface area (Å²) in [7, 11) is 0.